The summed E-state index contributed by atoms with van der Waals surface area (Å²) in [6.07, 6.45) is 0.577. The second kappa shape index (κ2) is 12.3. The SMILES string of the molecule is CO[C@H]1OC(COCc2ccccc2)=C[C@H](OCc2ccccc2)[C@H]1OCc1ccccc1. The van der Waals surface area contributed by atoms with E-state index < -0.39 is 12.4 Å². The smallest absolute Gasteiger partial charge is 0.228 e. The molecule has 0 aliphatic carbocycles. The quantitative estimate of drug-likeness (QED) is 0.402. The third-order valence-electron chi connectivity index (χ3n) is 5.37. The van der Waals surface area contributed by atoms with Crippen LogP contribution < -0.4 is 0 Å². The van der Waals surface area contributed by atoms with Crippen molar-refractivity contribution < 1.29 is 23.7 Å². The van der Waals surface area contributed by atoms with Crippen molar-refractivity contribution in [2.45, 2.75) is 38.3 Å². The van der Waals surface area contributed by atoms with Gasteiger partial charge in [0.05, 0.1) is 19.8 Å². The molecule has 0 N–H and O–H groups in total. The highest BCUT2D eigenvalue weighted by Crippen LogP contribution is 2.26. The Labute approximate surface area is 195 Å². The number of hydrogen-bond donors (Lipinski definition) is 0. The van der Waals surface area contributed by atoms with Crippen LogP contribution in [0.4, 0.5) is 0 Å². The summed E-state index contributed by atoms with van der Waals surface area (Å²) < 4.78 is 30.1. The Kier molecular flexibility index (Phi) is 8.67. The van der Waals surface area contributed by atoms with Gasteiger partial charge in [-0.15, -0.1) is 0 Å². The van der Waals surface area contributed by atoms with Crippen molar-refractivity contribution in [2.75, 3.05) is 13.7 Å². The van der Waals surface area contributed by atoms with Crippen LogP contribution in [0.2, 0.25) is 0 Å². The maximum atomic E-state index is 6.28. The van der Waals surface area contributed by atoms with Crippen molar-refractivity contribution in [3.05, 3.63) is 120 Å². The van der Waals surface area contributed by atoms with Gasteiger partial charge in [-0.1, -0.05) is 91.0 Å². The summed E-state index contributed by atoms with van der Waals surface area (Å²) in [6.45, 7) is 1.73. The van der Waals surface area contributed by atoms with Crippen LogP contribution in [0.15, 0.2) is 103 Å². The fourth-order valence-corrected chi connectivity index (χ4v) is 3.65. The Morgan fingerprint density at radius 2 is 1.15 bits per heavy atom. The Morgan fingerprint density at radius 1 is 0.636 bits per heavy atom. The molecule has 0 saturated heterocycles. The molecule has 0 fully saturated rings. The van der Waals surface area contributed by atoms with Crippen molar-refractivity contribution in [3.8, 4) is 0 Å². The molecule has 3 aromatic rings. The lowest BCUT2D eigenvalue weighted by atomic mass is 10.1. The van der Waals surface area contributed by atoms with E-state index in [9.17, 15) is 0 Å². The summed E-state index contributed by atoms with van der Waals surface area (Å²) in [6, 6.07) is 30.2. The normalized spacial score (nSPS) is 20.2. The maximum Gasteiger partial charge on any atom is 0.228 e. The van der Waals surface area contributed by atoms with Gasteiger partial charge in [0.25, 0.3) is 0 Å². The van der Waals surface area contributed by atoms with Gasteiger partial charge < -0.3 is 23.7 Å². The molecule has 0 unspecified atom stereocenters. The highest BCUT2D eigenvalue weighted by molar-refractivity contribution is 5.16. The highest BCUT2D eigenvalue weighted by atomic mass is 16.7. The summed E-state index contributed by atoms with van der Waals surface area (Å²) in [7, 11) is 1.62. The molecule has 1 aliphatic heterocycles. The largest absolute Gasteiger partial charge is 0.464 e. The van der Waals surface area contributed by atoms with Gasteiger partial charge in [-0.2, -0.15) is 0 Å². The van der Waals surface area contributed by atoms with Gasteiger partial charge in [0.15, 0.2) is 0 Å². The zero-order valence-corrected chi connectivity index (χ0v) is 18.8. The lowest BCUT2D eigenvalue weighted by Crippen LogP contribution is -2.46. The molecule has 0 amide bonds. The van der Waals surface area contributed by atoms with E-state index in [0.29, 0.717) is 32.2 Å². The Hall–Kier alpha value is -2.96. The van der Waals surface area contributed by atoms with Crippen LogP contribution >= 0.6 is 0 Å². The molecule has 5 heteroatoms. The molecule has 0 spiro atoms. The van der Waals surface area contributed by atoms with Crippen molar-refractivity contribution >= 4 is 0 Å². The lowest BCUT2D eigenvalue weighted by Gasteiger charge is -2.36. The van der Waals surface area contributed by atoms with Crippen LogP contribution in [0.1, 0.15) is 16.7 Å². The molecule has 4 rings (SSSR count). The molecule has 1 heterocycles. The summed E-state index contributed by atoms with van der Waals surface area (Å²) in [4.78, 5) is 0. The molecule has 3 aromatic carbocycles. The first-order chi connectivity index (χ1) is 16.3. The molecular weight excluding hydrogens is 416 g/mol. The molecule has 33 heavy (non-hydrogen) atoms. The van der Waals surface area contributed by atoms with Crippen molar-refractivity contribution in [2.24, 2.45) is 0 Å². The highest BCUT2D eigenvalue weighted by Gasteiger charge is 2.37. The second-order valence-corrected chi connectivity index (χ2v) is 7.86. The third-order valence-corrected chi connectivity index (χ3v) is 5.37. The van der Waals surface area contributed by atoms with E-state index in [2.05, 4.69) is 0 Å². The van der Waals surface area contributed by atoms with E-state index in [1.165, 1.54) is 0 Å². The summed E-state index contributed by atoms with van der Waals surface area (Å²) in [5.74, 6) is 0.676. The fraction of sp³-hybridized carbons (Fsp3) is 0.286. The van der Waals surface area contributed by atoms with Gasteiger partial charge in [0.1, 0.15) is 24.6 Å². The first-order valence-corrected chi connectivity index (χ1v) is 11.1. The van der Waals surface area contributed by atoms with Crippen LogP contribution in [0.5, 0.6) is 0 Å². The Balaban J connectivity index is 1.44. The van der Waals surface area contributed by atoms with Gasteiger partial charge in [-0.25, -0.2) is 0 Å². The zero-order chi connectivity index (χ0) is 22.7. The molecule has 5 nitrogen and oxygen atoms in total. The van der Waals surface area contributed by atoms with Gasteiger partial charge >= 0.3 is 0 Å². The molecule has 0 radical (unpaired) electrons. The van der Waals surface area contributed by atoms with Gasteiger partial charge in [-0.05, 0) is 22.8 Å². The standard InChI is InChI=1S/C28H30O5/c1-29-28-27(32-20-24-15-9-4-10-16-24)26(31-19-23-13-7-3-8-14-23)17-25(33-28)21-30-18-22-11-5-2-6-12-22/h2-17,26-28H,18-21H2,1H3/t26-,27+,28-/m0/s1. The predicted octanol–water partition coefficient (Wildman–Crippen LogP) is 5.26. The average Bonchev–Trinajstić information content (AvgIpc) is 2.88. The third kappa shape index (κ3) is 7.01. The van der Waals surface area contributed by atoms with E-state index in [0.717, 1.165) is 16.7 Å². The monoisotopic (exact) mass is 446 g/mol. The van der Waals surface area contributed by atoms with E-state index in [1.807, 2.05) is 97.1 Å². The van der Waals surface area contributed by atoms with E-state index in [4.69, 9.17) is 23.7 Å². The van der Waals surface area contributed by atoms with Gasteiger partial charge in [-0.3, -0.25) is 0 Å². The minimum Gasteiger partial charge on any atom is -0.464 e. The van der Waals surface area contributed by atoms with Crippen LogP contribution in [-0.2, 0) is 43.5 Å². The van der Waals surface area contributed by atoms with Crippen LogP contribution in [-0.4, -0.2) is 32.2 Å². The first kappa shape index (κ1) is 23.2. The van der Waals surface area contributed by atoms with Crippen LogP contribution in [0.3, 0.4) is 0 Å². The lowest BCUT2D eigenvalue weighted by molar-refractivity contribution is -0.223. The van der Waals surface area contributed by atoms with E-state index in [-0.39, 0.29) is 6.10 Å². The van der Waals surface area contributed by atoms with Crippen LogP contribution in [0, 0.1) is 0 Å². The number of methoxy groups -OCH3 is 1. The minimum absolute atomic E-state index is 0.325. The number of hydrogen-bond acceptors (Lipinski definition) is 5. The number of ether oxygens (including phenoxy) is 5. The minimum atomic E-state index is -0.602. The van der Waals surface area contributed by atoms with Crippen molar-refractivity contribution in [3.63, 3.8) is 0 Å². The second-order valence-electron chi connectivity index (χ2n) is 7.86. The Bertz CT molecular complexity index is 975. The molecule has 0 bridgehead atoms. The molecule has 0 aromatic heterocycles. The Morgan fingerprint density at radius 3 is 1.70 bits per heavy atom. The molecular formula is C28H30O5. The predicted molar refractivity (Wildman–Crippen MR) is 126 cm³/mol. The fourth-order valence-electron chi connectivity index (χ4n) is 3.65. The van der Waals surface area contributed by atoms with Crippen molar-refractivity contribution in [1.82, 2.24) is 0 Å². The molecule has 1 aliphatic rings. The molecule has 3 atom stereocenters. The van der Waals surface area contributed by atoms with E-state index in [1.54, 1.807) is 7.11 Å². The molecule has 0 saturated carbocycles. The summed E-state index contributed by atoms with van der Waals surface area (Å²) >= 11 is 0. The van der Waals surface area contributed by atoms with Crippen molar-refractivity contribution in [1.29, 1.82) is 0 Å². The average molecular weight is 447 g/mol. The summed E-state index contributed by atoms with van der Waals surface area (Å²) in [5.41, 5.74) is 3.28. The number of benzene rings is 3. The topological polar surface area (TPSA) is 46.2 Å². The van der Waals surface area contributed by atoms with Gasteiger partial charge in [0, 0.05) is 7.11 Å². The first-order valence-electron chi connectivity index (χ1n) is 11.1. The zero-order valence-electron chi connectivity index (χ0n) is 18.8. The summed E-state index contributed by atoms with van der Waals surface area (Å²) in [5, 5.41) is 0. The van der Waals surface area contributed by atoms with Crippen LogP contribution in [0.25, 0.3) is 0 Å². The number of rotatable bonds is 11. The maximum absolute atomic E-state index is 6.28. The van der Waals surface area contributed by atoms with E-state index >= 15 is 0 Å². The van der Waals surface area contributed by atoms with Gasteiger partial charge in [0.2, 0.25) is 6.29 Å². The molecule has 172 valence electrons.